The van der Waals surface area contributed by atoms with Crippen molar-refractivity contribution in [2.75, 3.05) is 5.32 Å². The summed E-state index contributed by atoms with van der Waals surface area (Å²) in [4.78, 5) is 30.4. The van der Waals surface area contributed by atoms with Crippen LogP contribution in [-0.2, 0) is 23.7 Å². The second-order valence-corrected chi connectivity index (χ2v) is 10.2. The Bertz CT molecular complexity index is 1870. The molecular weight excluding hydrogens is 624 g/mol. The summed E-state index contributed by atoms with van der Waals surface area (Å²) in [5.74, 6) is -1.13. The van der Waals surface area contributed by atoms with Crippen molar-refractivity contribution in [3.8, 4) is 22.6 Å². The number of amides is 1. The molecule has 7 nitrogen and oxygen atoms in total. The summed E-state index contributed by atoms with van der Waals surface area (Å²) < 4.78 is 82.6. The number of carbonyl (C=O) groups excluding carboxylic acids is 2. The van der Waals surface area contributed by atoms with Gasteiger partial charge in [0.2, 0.25) is 5.91 Å². The van der Waals surface area contributed by atoms with E-state index in [4.69, 9.17) is 11.6 Å². The third-order valence-corrected chi connectivity index (χ3v) is 6.92. The van der Waals surface area contributed by atoms with Gasteiger partial charge in [-0.3, -0.25) is 14.6 Å². The maximum absolute atomic E-state index is 13.9. The number of pyridine rings is 1. The van der Waals surface area contributed by atoms with Gasteiger partial charge in [-0.2, -0.15) is 26.3 Å². The quantitative estimate of drug-likeness (QED) is 0.144. The number of alkyl halides is 6. The molecule has 0 atom stereocenters. The van der Waals surface area contributed by atoms with Crippen LogP contribution in [0.2, 0.25) is 5.02 Å². The van der Waals surface area contributed by atoms with Gasteiger partial charge in [0.1, 0.15) is 11.4 Å². The first kappa shape index (κ1) is 31.4. The molecule has 0 aliphatic carbocycles. The summed E-state index contributed by atoms with van der Waals surface area (Å²) in [5, 5.41) is 11.0. The van der Waals surface area contributed by atoms with Crippen molar-refractivity contribution in [3.63, 3.8) is 0 Å². The minimum absolute atomic E-state index is 0.0215. The molecule has 14 heteroatoms. The Labute approximate surface area is 256 Å². The van der Waals surface area contributed by atoms with E-state index in [0.29, 0.717) is 17.7 Å². The van der Waals surface area contributed by atoms with Gasteiger partial charge in [0, 0.05) is 24.2 Å². The first-order valence-electron chi connectivity index (χ1n) is 13.1. The standard InChI is InChI=1S/C31H20ClF6N5O2/c1-17(44)40-24-11-12-39-26(25(24)29(45)22-9-5-6-10-23(22)32)27-28(19-7-3-2-4-8-19)43(42-41-27)16-18-13-20(30(33,34)35)15-21(14-18)31(36,37)38/h2-15H,16H2,1H3,(H,39,40,44). The highest BCUT2D eigenvalue weighted by atomic mass is 35.5. The number of aromatic nitrogens is 4. The molecule has 0 aliphatic rings. The maximum Gasteiger partial charge on any atom is 0.416 e. The lowest BCUT2D eigenvalue weighted by molar-refractivity contribution is -0.143. The summed E-state index contributed by atoms with van der Waals surface area (Å²) in [7, 11) is 0. The monoisotopic (exact) mass is 643 g/mol. The van der Waals surface area contributed by atoms with Crippen molar-refractivity contribution in [1.29, 1.82) is 0 Å². The topological polar surface area (TPSA) is 89.8 Å². The summed E-state index contributed by atoms with van der Waals surface area (Å²) in [5.41, 5.74) is -2.79. The molecule has 0 bridgehead atoms. The lowest BCUT2D eigenvalue weighted by Gasteiger charge is -2.16. The Kier molecular flexibility index (Phi) is 8.48. The van der Waals surface area contributed by atoms with E-state index in [0.717, 1.165) is 4.68 Å². The van der Waals surface area contributed by atoms with Crippen LogP contribution in [0.15, 0.2) is 85.1 Å². The fraction of sp³-hybridized carbons (Fsp3) is 0.129. The number of nitrogens with zero attached hydrogens (tertiary/aromatic N) is 4. The fourth-order valence-electron chi connectivity index (χ4n) is 4.69. The SMILES string of the molecule is CC(=O)Nc1ccnc(-c2nnn(Cc3cc(C(F)(F)F)cc(C(F)(F)F)c3)c2-c2ccccc2)c1C(=O)c1ccccc1Cl. The molecule has 0 saturated heterocycles. The predicted octanol–water partition coefficient (Wildman–Crippen LogP) is 7.94. The molecule has 0 unspecified atom stereocenters. The zero-order chi connectivity index (χ0) is 32.5. The van der Waals surface area contributed by atoms with Crippen molar-refractivity contribution in [2.24, 2.45) is 0 Å². The minimum Gasteiger partial charge on any atom is -0.326 e. The highest BCUT2D eigenvalue weighted by Gasteiger charge is 2.37. The molecule has 0 fully saturated rings. The zero-order valence-electron chi connectivity index (χ0n) is 23.0. The van der Waals surface area contributed by atoms with Gasteiger partial charge in [-0.05, 0) is 42.0 Å². The second kappa shape index (κ2) is 12.2. The molecule has 1 N–H and O–H groups in total. The van der Waals surface area contributed by atoms with Crippen LogP contribution in [0.25, 0.3) is 22.6 Å². The van der Waals surface area contributed by atoms with Gasteiger partial charge >= 0.3 is 12.4 Å². The van der Waals surface area contributed by atoms with Gasteiger partial charge in [-0.25, -0.2) is 4.68 Å². The number of hydrogen-bond donors (Lipinski definition) is 1. The smallest absolute Gasteiger partial charge is 0.326 e. The third kappa shape index (κ3) is 6.73. The van der Waals surface area contributed by atoms with Crippen LogP contribution in [0.1, 0.15) is 39.5 Å². The van der Waals surface area contributed by atoms with Gasteiger partial charge in [0.05, 0.1) is 39.6 Å². The van der Waals surface area contributed by atoms with Crippen LogP contribution >= 0.6 is 11.6 Å². The molecule has 0 saturated carbocycles. The Morgan fingerprint density at radius 3 is 2.07 bits per heavy atom. The summed E-state index contributed by atoms with van der Waals surface area (Å²) in [6.07, 6.45) is -8.79. The Balaban J connectivity index is 1.74. The van der Waals surface area contributed by atoms with E-state index >= 15 is 0 Å². The van der Waals surface area contributed by atoms with Crippen LogP contribution in [0, 0.1) is 0 Å². The first-order valence-corrected chi connectivity index (χ1v) is 13.4. The van der Waals surface area contributed by atoms with Gasteiger partial charge in [-0.15, -0.1) is 5.10 Å². The molecular formula is C31H20ClF6N5O2. The molecule has 2 aromatic heterocycles. The number of benzene rings is 3. The molecule has 0 aliphatic heterocycles. The van der Waals surface area contributed by atoms with Crippen LogP contribution < -0.4 is 5.32 Å². The van der Waals surface area contributed by atoms with Gasteiger partial charge in [-0.1, -0.05) is 59.3 Å². The number of ketones is 1. The Hall–Kier alpha value is -5.04. The summed E-state index contributed by atoms with van der Waals surface area (Å²) >= 11 is 6.32. The van der Waals surface area contributed by atoms with Gasteiger partial charge in [0.25, 0.3) is 0 Å². The van der Waals surface area contributed by atoms with Crippen molar-refractivity contribution in [3.05, 3.63) is 118 Å². The van der Waals surface area contributed by atoms with Gasteiger partial charge < -0.3 is 5.32 Å². The molecule has 0 radical (unpaired) electrons. The molecule has 230 valence electrons. The molecule has 1 amide bonds. The highest BCUT2D eigenvalue weighted by molar-refractivity contribution is 6.35. The minimum atomic E-state index is -5.05. The number of halogens is 7. The molecule has 3 aromatic carbocycles. The average Bonchev–Trinajstić information content (AvgIpc) is 3.39. The highest BCUT2D eigenvalue weighted by Crippen LogP contribution is 2.38. The molecule has 45 heavy (non-hydrogen) atoms. The molecule has 5 rings (SSSR count). The summed E-state index contributed by atoms with van der Waals surface area (Å²) in [6, 6.07) is 17.1. The Morgan fingerprint density at radius 2 is 1.47 bits per heavy atom. The fourth-order valence-corrected chi connectivity index (χ4v) is 4.92. The van der Waals surface area contributed by atoms with E-state index in [1.807, 2.05) is 0 Å². The van der Waals surface area contributed by atoms with Gasteiger partial charge in [0.15, 0.2) is 5.78 Å². The molecule has 0 spiro atoms. The maximum atomic E-state index is 13.9. The van der Waals surface area contributed by atoms with E-state index in [1.165, 1.54) is 31.3 Å². The number of anilines is 1. The summed E-state index contributed by atoms with van der Waals surface area (Å²) in [6.45, 7) is 0.684. The lowest BCUT2D eigenvalue weighted by atomic mass is 9.96. The van der Waals surface area contributed by atoms with Crippen molar-refractivity contribution >= 4 is 29.0 Å². The number of nitrogens with one attached hydrogen (secondary N) is 1. The number of hydrogen-bond acceptors (Lipinski definition) is 5. The normalized spacial score (nSPS) is 11.8. The van der Waals surface area contributed by atoms with E-state index < -0.39 is 41.7 Å². The van der Waals surface area contributed by atoms with E-state index in [-0.39, 0.29) is 50.5 Å². The van der Waals surface area contributed by atoms with Crippen molar-refractivity contribution in [2.45, 2.75) is 25.8 Å². The zero-order valence-corrected chi connectivity index (χ0v) is 23.8. The van der Waals surface area contributed by atoms with Crippen LogP contribution in [-0.4, -0.2) is 31.7 Å². The third-order valence-electron chi connectivity index (χ3n) is 6.59. The van der Waals surface area contributed by atoms with E-state index in [1.54, 1.807) is 42.5 Å². The second-order valence-electron chi connectivity index (χ2n) is 9.80. The first-order chi connectivity index (χ1) is 21.2. The van der Waals surface area contributed by atoms with Crippen molar-refractivity contribution in [1.82, 2.24) is 20.0 Å². The number of carbonyl (C=O) groups is 2. The van der Waals surface area contributed by atoms with E-state index in [2.05, 4.69) is 20.6 Å². The van der Waals surface area contributed by atoms with Crippen LogP contribution in [0.5, 0.6) is 0 Å². The lowest BCUT2D eigenvalue weighted by Crippen LogP contribution is -2.14. The van der Waals surface area contributed by atoms with Crippen LogP contribution in [0.3, 0.4) is 0 Å². The average molecular weight is 644 g/mol. The van der Waals surface area contributed by atoms with E-state index in [9.17, 15) is 35.9 Å². The molecule has 5 aromatic rings. The largest absolute Gasteiger partial charge is 0.416 e. The van der Waals surface area contributed by atoms with Crippen LogP contribution in [0.4, 0.5) is 32.0 Å². The molecule has 2 heterocycles. The Morgan fingerprint density at radius 1 is 0.844 bits per heavy atom. The number of rotatable bonds is 7. The predicted molar refractivity (Wildman–Crippen MR) is 153 cm³/mol. The van der Waals surface area contributed by atoms with Crippen molar-refractivity contribution < 1.29 is 35.9 Å².